The molecule has 3 heterocycles. The summed E-state index contributed by atoms with van der Waals surface area (Å²) >= 11 is 0. The van der Waals surface area contributed by atoms with Crippen LogP contribution >= 0.6 is 0 Å². The summed E-state index contributed by atoms with van der Waals surface area (Å²) in [5.41, 5.74) is 2.43. The van der Waals surface area contributed by atoms with Crippen LogP contribution in [0.15, 0.2) is 70.0 Å². The van der Waals surface area contributed by atoms with E-state index in [1.807, 2.05) is 0 Å². The van der Waals surface area contributed by atoms with E-state index in [2.05, 4.69) is 57.2 Å². The SMILES string of the molecule is O=c1oc2cccnc2n1CN1CCN(c2cccc3ccccc23)CC1. The van der Waals surface area contributed by atoms with E-state index in [1.54, 1.807) is 22.9 Å². The Balaban J connectivity index is 1.34. The summed E-state index contributed by atoms with van der Waals surface area (Å²) in [7, 11) is 0. The van der Waals surface area contributed by atoms with E-state index in [0.717, 1.165) is 26.2 Å². The highest BCUT2D eigenvalue weighted by molar-refractivity contribution is 5.94. The molecule has 6 heteroatoms. The molecule has 0 atom stereocenters. The maximum Gasteiger partial charge on any atom is 0.422 e. The lowest BCUT2D eigenvalue weighted by atomic mass is 10.1. The number of pyridine rings is 1. The zero-order valence-corrected chi connectivity index (χ0v) is 14.9. The first kappa shape index (κ1) is 16.1. The van der Waals surface area contributed by atoms with Crippen LogP contribution in [-0.4, -0.2) is 40.6 Å². The number of fused-ring (bicyclic) bond motifs is 2. The number of benzene rings is 2. The van der Waals surface area contributed by atoms with Gasteiger partial charge in [0.1, 0.15) is 0 Å². The van der Waals surface area contributed by atoms with E-state index in [0.29, 0.717) is 17.9 Å². The molecule has 136 valence electrons. The third-order valence-corrected chi connectivity index (χ3v) is 5.25. The van der Waals surface area contributed by atoms with Crippen molar-refractivity contribution in [2.45, 2.75) is 6.67 Å². The van der Waals surface area contributed by atoms with Crippen LogP contribution in [0.2, 0.25) is 0 Å². The molecule has 2 aromatic carbocycles. The fraction of sp³-hybridized carbons (Fsp3) is 0.238. The first-order valence-corrected chi connectivity index (χ1v) is 9.19. The summed E-state index contributed by atoms with van der Waals surface area (Å²) in [4.78, 5) is 21.2. The third kappa shape index (κ3) is 2.88. The largest absolute Gasteiger partial charge is 0.422 e. The first-order valence-electron chi connectivity index (χ1n) is 9.19. The summed E-state index contributed by atoms with van der Waals surface area (Å²) in [5.74, 6) is -0.347. The average molecular weight is 360 g/mol. The highest BCUT2D eigenvalue weighted by Gasteiger charge is 2.20. The smallest absolute Gasteiger partial charge is 0.406 e. The topological polar surface area (TPSA) is 54.5 Å². The standard InChI is InChI=1S/C21H20N4O2/c26-21-25(20-19(27-21)9-4-10-22-20)15-23-11-13-24(14-12-23)18-8-3-6-16-5-1-2-7-17(16)18/h1-10H,11-15H2. The molecule has 1 fully saturated rings. The second kappa shape index (κ2) is 6.55. The number of aromatic nitrogens is 2. The van der Waals surface area contributed by atoms with Crippen molar-refractivity contribution < 1.29 is 4.42 Å². The Labute approximate surface area is 156 Å². The molecule has 0 N–H and O–H groups in total. The number of oxazole rings is 1. The highest BCUT2D eigenvalue weighted by Crippen LogP contribution is 2.27. The van der Waals surface area contributed by atoms with Crippen LogP contribution in [-0.2, 0) is 6.67 Å². The lowest BCUT2D eigenvalue weighted by Gasteiger charge is -2.36. The van der Waals surface area contributed by atoms with Gasteiger partial charge in [0.05, 0.1) is 6.67 Å². The highest BCUT2D eigenvalue weighted by atomic mass is 16.4. The molecule has 1 aliphatic heterocycles. The van der Waals surface area contributed by atoms with Gasteiger partial charge in [0.15, 0.2) is 11.2 Å². The Morgan fingerprint density at radius 1 is 0.926 bits per heavy atom. The Morgan fingerprint density at radius 3 is 2.63 bits per heavy atom. The van der Waals surface area contributed by atoms with Crippen molar-refractivity contribution >= 4 is 27.7 Å². The molecular weight excluding hydrogens is 340 g/mol. The molecule has 5 rings (SSSR count). The van der Waals surface area contributed by atoms with Crippen molar-refractivity contribution in [2.24, 2.45) is 0 Å². The van der Waals surface area contributed by atoms with Gasteiger partial charge in [-0.05, 0) is 23.6 Å². The van der Waals surface area contributed by atoms with Crippen molar-refractivity contribution in [3.8, 4) is 0 Å². The molecular formula is C21H20N4O2. The van der Waals surface area contributed by atoms with E-state index < -0.39 is 0 Å². The van der Waals surface area contributed by atoms with Gasteiger partial charge in [0.25, 0.3) is 0 Å². The third-order valence-electron chi connectivity index (χ3n) is 5.25. The minimum Gasteiger partial charge on any atom is -0.406 e. The number of anilines is 1. The van der Waals surface area contributed by atoms with Crippen LogP contribution in [0.1, 0.15) is 0 Å². The second-order valence-corrected chi connectivity index (χ2v) is 6.87. The number of piperazine rings is 1. The predicted octanol–water partition coefficient (Wildman–Crippen LogP) is 2.92. The summed E-state index contributed by atoms with van der Waals surface area (Å²) in [6.45, 7) is 4.12. The van der Waals surface area contributed by atoms with E-state index in [4.69, 9.17) is 4.42 Å². The van der Waals surface area contributed by atoms with Crippen LogP contribution < -0.4 is 10.7 Å². The minimum absolute atomic E-state index is 0.347. The van der Waals surface area contributed by atoms with Gasteiger partial charge in [0.2, 0.25) is 0 Å². The molecule has 27 heavy (non-hydrogen) atoms. The van der Waals surface area contributed by atoms with Crippen LogP contribution in [0.4, 0.5) is 5.69 Å². The molecule has 0 amide bonds. The molecule has 0 unspecified atom stereocenters. The molecule has 1 aliphatic rings. The lowest BCUT2D eigenvalue weighted by Crippen LogP contribution is -2.47. The van der Waals surface area contributed by atoms with Crippen molar-refractivity contribution in [3.63, 3.8) is 0 Å². The van der Waals surface area contributed by atoms with E-state index >= 15 is 0 Å². The van der Waals surface area contributed by atoms with Gasteiger partial charge in [-0.25, -0.2) is 14.3 Å². The van der Waals surface area contributed by atoms with E-state index in [1.165, 1.54) is 16.5 Å². The van der Waals surface area contributed by atoms with Crippen molar-refractivity contribution in [2.75, 3.05) is 31.1 Å². The zero-order valence-electron chi connectivity index (χ0n) is 14.9. The monoisotopic (exact) mass is 360 g/mol. The molecule has 6 nitrogen and oxygen atoms in total. The molecule has 0 spiro atoms. The second-order valence-electron chi connectivity index (χ2n) is 6.87. The van der Waals surface area contributed by atoms with E-state index in [9.17, 15) is 4.79 Å². The Hall–Kier alpha value is -3.12. The van der Waals surface area contributed by atoms with Crippen LogP contribution in [0.5, 0.6) is 0 Å². The van der Waals surface area contributed by atoms with Crippen molar-refractivity contribution in [1.82, 2.24) is 14.5 Å². The van der Waals surface area contributed by atoms with Gasteiger partial charge in [-0.2, -0.15) is 0 Å². The fourth-order valence-corrected chi connectivity index (χ4v) is 3.84. The lowest BCUT2D eigenvalue weighted by molar-refractivity contribution is 0.202. The summed E-state index contributed by atoms with van der Waals surface area (Å²) in [6, 6.07) is 18.5. The van der Waals surface area contributed by atoms with Crippen LogP contribution in [0.25, 0.3) is 22.0 Å². The maximum absolute atomic E-state index is 12.2. The molecule has 0 bridgehead atoms. The predicted molar refractivity (Wildman–Crippen MR) is 106 cm³/mol. The quantitative estimate of drug-likeness (QED) is 0.562. The van der Waals surface area contributed by atoms with Crippen LogP contribution in [0.3, 0.4) is 0 Å². The zero-order chi connectivity index (χ0) is 18.2. The van der Waals surface area contributed by atoms with Gasteiger partial charge in [-0.15, -0.1) is 0 Å². The molecule has 0 radical (unpaired) electrons. The Morgan fingerprint density at radius 2 is 1.74 bits per heavy atom. The van der Waals surface area contributed by atoms with Gasteiger partial charge >= 0.3 is 5.76 Å². The molecule has 0 aliphatic carbocycles. The average Bonchev–Trinajstić information content (AvgIpc) is 3.03. The van der Waals surface area contributed by atoms with Gasteiger partial charge in [0, 0.05) is 43.4 Å². The maximum atomic E-state index is 12.2. The number of nitrogens with zero attached hydrogens (tertiary/aromatic N) is 4. The van der Waals surface area contributed by atoms with Crippen LogP contribution in [0, 0.1) is 0 Å². The molecule has 1 saturated heterocycles. The fourth-order valence-electron chi connectivity index (χ4n) is 3.84. The summed E-state index contributed by atoms with van der Waals surface area (Å²) in [5, 5.41) is 2.55. The van der Waals surface area contributed by atoms with Gasteiger partial charge < -0.3 is 9.32 Å². The summed E-state index contributed by atoms with van der Waals surface area (Å²) in [6.07, 6.45) is 1.69. The van der Waals surface area contributed by atoms with Crippen molar-refractivity contribution in [1.29, 1.82) is 0 Å². The van der Waals surface area contributed by atoms with E-state index in [-0.39, 0.29) is 5.76 Å². The normalized spacial score (nSPS) is 15.6. The van der Waals surface area contributed by atoms with Crippen molar-refractivity contribution in [3.05, 3.63) is 71.3 Å². The van der Waals surface area contributed by atoms with Gasteiger partial charge in [-0.1, -0.05) is 36.4 Å². The number of hydrogen-bond donors (Lipinski definition) is 0. The Bertz CT molecular complexity index is 1150. The molecule has 2 aromatic heterocycles. The molecule has 4 aromatic rings. The molecule has 0 saturated carbocycles. The summed E-state index contributed by atoms with van der Waals surface area (Å²) < 4.78 is 6.90. The number of rotatable bonds is 3. The Kier molecular flexibility index (Phi) is 3.90. The first-order chi connectivity index (χ1) is 13.3. The van der Waals surface area contributed by atoms with Gasteiger partial charge in [-0.3, -0.25) is 4.90 Å². The number of hydrogen-bond acceptors (Lipinski definition) is 5. The minimum atomic E-state index is -0.347.